The first-order chi connectivity index (χ1) is 21.6. The first-order valence-corrected chi connectivity index (χ1v) is 16.0. The third-order valence-corrected chi connectivity index (χ3v) is 9.76. The molecule has 0 atom stereocenters. The maximum atomic E-state index is 4.66. The van der Waals surface area contributed by atoms with Gasteiger partial charge in [0.1, 0.15) is 0 Å². The zero-order valence-electron chi connectivity index (χ0n) is 28.0. The molecule has 4 aromatic carbocycles. The quantitative estimate of drug-likeness (QED) is 0.137. The van der Waals surface area contributed by atoms with Crippen LogP contribution in [0.4, 0.5) is 22.7 Å². The Morgan fingerprint density at radius 2 is 1.43 bits per heavy atom. The Morgan fingerprint density at radius 1 is 0.804 bits per heavy atom. The van der Waals surface area contributed by atoms with Crippen molar-refractivity contribution >= 4 is 35.2 Å². The Morgan fingerprint density at radius 3 is 2.15 bits per heavy atom. The number of anilines is 4. The molecule has 0 amide bonds. The number of hydrogen-bond acceptors (Lipinski definition) is 4. The number of nitrogens with zero attached hydrogens (tertiary/aromatic N) is 5. The average Bonchev–Trinajstić information content (AvgIpc) is 3.66. The van der Waals surface area contributed by atoms with E-state index in [1.807, 2.05) is 18.3 Å². The zero-order chi connectivity index (χ0) is 31.6. The van der Waals surface area contributed by atoms with Crippen molar-refractivity contribution in [3.8, 4) is 11.4 Å². The molecule has 7 heteroatoms. The molecular formula is C39H41BIrN5. The van der Waals surface area contributed by atoms with Crippen molar-refractivity contribution in [3.63, 3.8) is 0 Å². The van der Waals surface area contributed by atoms with Crippen molar-refractivity contribution in [1.82, 2.24) is 9.46 Å². The molecule has 0 bridgehead atoms. The maximum Gasteiger partial charge on any atom is 3.00 e. The molecule has 8 rings (SSSR count). The van der Waals surface area contributed by atoms with E-state index in [2.05, 4.69) is 165 Å². The van der Waals surface area contributed by atoms with Gasteiger partial charge in [-0.15, -0.1) is 35.5 Å². The maximum absolute atomic E-state index is 4.66. The van der Waals surface area contributed by atoms with Crippen LogP contribution in [0.15, 0.2) is 85.2 Å². The normalized spacial score (nSPS) is 15.1. The average molecular weight is 783 g/mol. The molecule has 3 aliphatic heterocycles. The Hall–Kier alpha value is -3.80. The Balaban J connectivity index is 0.000000165. The smallest absolute Gasteiger partial charge is 0.504 e. The number of hydrogen-bond donors (Lipinski definition) is 0. The summed E-state index contributed by atoms with van der Waals surface area (Å²) in [5.41, 5.74) is 13.0. The summed E-state index contributed by atoms with van der Waals surface area (Å²) in [7, 11) is 4.28. The van der Waals surface area contributed by atoms with E-state index in [0.29, 0.717) is 11.8 Å². The van der Waals surface area contributed by atoms with Gasteiger partial charge in [-0.1, -0.05) is 83.1 Å². The molecule has 0 unspecified atom stereocenters. The van der Waals surface area contributed by atoms with Crippen LogP contribution >= 0.6 is 0 Å². The molecule has 0 fully saturated rings. The standard InChI is InChI=1S/C22H25BN3.C17H16N2.Ir/c1-15(2)17-10-8-11-18(16(3)4)21(17)23-25(5)20-12-7-6-9-19(20)22-24-13-14-26(22)23;1-17(2)12-7-4-5-9-14(12)19-11-18(3)15-10-6-8-13(17)16(15)19;/h6-8,10-16H,1-5H3;4-8,10-11H,1-3H3;/q-1;-2;+3. The number of aromatic nitrogens is 2. The minimum atomic E-state index is 0. The van der Waals surface area contributed by atoms with Crippen LogP contribution < -0.4 is 20.1 Å². The van der Waals surface area contributed by atoms with Gasteiger partial charge in [0.25, 0.3) is 0 Å². The van der Waals surface area contributed by atoms with Crippen LogP contribution in [0.1, 0.15) is 75.6 Å². The summed E-state index contributed by atoms with van der Waals surface area (Å²) in [6, 6.07) is 32.6. The molecule has 0 saturated carbocycles. The first kappa shape index (κ1) is 32.2. The third-order valence-electron chi connectivity index (χ3n) is 9.76. The van der Waals surface area contributed by atoms with E-state index in [1.54, 1.807) is 0 Å². The molecule has 5 nitrogen and oxygen atoms in total. The molecule has 0 spiro atoms. The monoisotopic (exact) mass is 783 g/mol. The van der Waals surface area contributed by atoms with Gasteiger partial charge in [0.15, 0.2) is 0 Å². The summed E-state index contributed by atoms with van der Waals surface area (Å²) < 4.78 is 2.30. The van der Waals surface area contributed by atoms with E-state index in [0.717, 1.165) is 11.4 Å². The van der Waals surface area contributed by atoms with Crippen LogP contribution in [0.5, 0.6) is 0 Å². The van der Waals surface area contributed by atoms with Gasteiger partial charge in [-0.25, -0.2) is 0 Å². The molecular weight excluding hydrogens is 741 g/mol. The van der Waals surface area contributed by atoms with Gasteiger partial charge in [0.05, 0.1) is 0 Å². The zero-order valence-corrected chi connectivity index (χ0v) is 30.4. The molecule has 3 aliphatic rings. The van der Waals surface area contributed by atoms with Crippen LogP contribution in [-0.2, 0) is 25.5 Å². The molecule has 0 saturated heterocycles. The number of rotatable bonds is 3. The van der Waals surface area contributed by atoms with E-state index in [-0.39, 0.29) is 32.5 Å². The molecule has 46 heavy (non-hydrogen) atoms. The van der Waals surface area contributed by atoms with E-state index < -0.39 is 0 Å². The third kappa shape index (κ3) is 4.91. The summed E-state index contributed by atoms with van der Waals surface area (Å²) in [6.07, 6.45) is 4.00. The fourth-order valence-electron chi connectivity index (χ4n) is 7.48. The van der Waals surface area contributed by atoms with Gasteiger partial charge in [-0.2, -0.15) is 30.9 Å². The Kier molecular flexibility index (Phi) is 8.46. The first-order valence-electron chi connectivity index (χ1n) is 16.0. The molecule has 5 aromatic rings. The van der Waals surface area contributed by atoms with E-state index >= 15 is 0 Å². The molecule has 4 heterocycles. The topological polar surface area (TPSA) is 27.5 Å². The van der Waals surface area contributed by atoms with Crippen LogP contribution in [0.25, 0.3) is 11.4 Å². The molecule has 234 valence electrons. The van der Waals surface area contributed by atoms with Crippen LogP contribution in [-0.4, -0.2) is 30.5 Å². The summed E-state index contributed by atoms with van der Waals surface area (Å²) in [5.74, 6) is 1.93. The van der Waals surface area contributed by atoms with Gasteiger partial charge >= 0.3 is 27.1 Å². The summed E-state index contributed by atoms with van der Waals surface area (Å²) in [4.78, 5) is 11.5. The molecule has 0 radical (unpaired) electrons. The fourth-order valence-corrected chi connectivity index (χ4v) is 7.48. The molecule has 1 aromatic heterocycles. The fraction of sp³-hybridized carbons (Fsp3) is 0.282. The van der Waals surface area contributed by atoms with Crippen molar-refractivity contribution < 1.29 is 20.1 Å². The second-order valence-corrected chi connectivity index (χ2v) is 13.6. The largest absolute Gasteiger partial charge is 3.00 e. The predicted molar refractivity (Wildman–Crippen MR) is 189 cm³/mol. The Bertz CT molecular complexity index is 1870. The second-order valence-electron chi connectivity index (χ2n) is 13.6. The minimum Gasteiger partial charge on any atom is -0.504 e. The summed E-state index contributed by atoms with van der Waals surface area (Å²) in [6.45, 7) is 16.0. The molecule has 0 aliphatic carbocycles. The Labute approximate surface area is 288 Å². The van der Waals surface area contributed by atoms with E-state index in [4.69, 9.17) is 0 Å². The predicted octanol–water partition coefficient (Wildman–Crippen LogP) is 8.12. The van der Waals surface area contributed by atoms with Gasteiger partial charge < -0.3 is 19.1 Å². The van der Waals surface area contributed by atoms with Crippen LogP contribution in [0, 0.1) is 18.8 Å². The minimum absolute atomic E-state index is 0. The summed E-state index contributed by atoms with van der Waals surface area (Å²) >= 11 is 0. The van der Waals surface area contributed by atoms with E-state index in [9.17, 15) is 0 Å². The summed E-state index contributed by atoms with van der Waals surface area (Å²) in [5, 5.41) is 0. The number of para-hydroxylation sites is 2. The van der Waals surface area contributed by atoms with Gasteiger partial charge in [0, 0.05) is 29.6 Å². The van der Waals surface area contributed by atoms with Crippen LogP contribution in [0.2, 0.25) is 0 Å². The van der Waals surface area contributed by atoms with Crippen molar-refractivity contribution in [2.45, 2.75) is 58.8 Å². The van der Waals surface area contributed by atoms with Gasteiger partial charge in [0.2, 0.25) is 0 Å². The van der Waals surface area contributed by atoms with Gasteiger partial charge in [-0.3, -0.25) is 4.98 Å². The number of fused-ring (bicyclic) bond motifs is 5. The van der Waals surface area contributed by atoms with Crippen molar-refractivity contribution in [2.75, 3.05) is 28.7 Å². The van der Waals surface area contributed by atoms with Crippen molar-refractivity contribution in [2.24, 2.45) is 0 Å². The number of benzene rings is 4. The molecule has 0 N–H and O–H groups in total. The van der Waals surface area contributed by atoms with Crippen molar-refractivity contribution in [1.29, 1.82) is 0 Å². The van der Waals surface area contributed by atoms with Gasteiger partial charge in [-0.05, 0) is 59.6 Å². The van der Waals surface area contributed by atoms with Crippen LogP contribution in [0.3, 0.4) is 0 Å². The van der Waals surface area contributed by atoms with E-state index in [1.165, 1.54) is 50.5 Å². The second kappa shape index (κ2) is 12.1. The van der Waals surface area contributed by atoms with Crippen molar-refractivity contribution in [3.05, 3.63) is 126 Å². The number of imidazole rings is 1. The SMILES string of the molecule is CC(C)c1cccc(C(C)C)c1B1N(C)c2ccc[c-]c2-c2nccn21.CN1[CH-]N2c3[c-]cccc3C(C)(C)c3cccc1c32.[Ir+3].